The van der Waals surface area contributed by atoms with Crippen LogP contribution in [0.3, 0.4) is 0 Å². The van der Waals surface area contributed by atoms with E-state index < -0.39 is 0 Å². The van der Waals surface area contributed by atoms with Crippen LogP contribution in [-0.2, 0) is 16.0 Å². The minimum atomic E-state index is -0.337. The molecule has 1 unspecified atom stereocenters. The van der Waals surface area contributed by atoms with Crippen LogP contribution in [0, 0.1) is 12.8 Å². The molecule has 0 aliphatic carbocycles. The van der Waals surface area contributed by atoms with Gasteiger partial charge in [-0.15, -0.1) is 0 Å². The summed E-state index contributed by atoms with van der Waals surface area (Å²) in [5.41, 5.74) is 4.90. The van der Waals surface area contributed by atoms with Crippen molar-refractivity contribution < 1.29 is 9.59 Å². The summed E-state index contributed by atoms with van der Waals surface area (Å²) < 4.78 is 0. The highest BCUT2D eigenvalue weighted by Crippen LogP contribution is 2.27. The van der Waals surface area contributed by atoms with Crippen molar-refractivity contribution >= 4 is 23.2 Å². The highest BCUT2D eigenvalue weighted by molar-refractivity contribution is 6.01. The second-order valence-electron chi connectivity index (χ2n) is 8.32. The highest BCUT2D eigenvalue weighted by Gasteiger charge is 2.26. The van der Waals surface area contributed by atoms with Gasteiger partial charge in [0.25, 0.3) is 0 Å². The minimum absolute atomic E-state index is 0.186. The molecule has 0 bridgehead atoms. The summed E-state index contributed by atoms with van der Waals surface area (Å²) in [4.78, 5) is 25.6. The van der Waals surface area contributed by atoms with Crippen molar-refractivity contribution in [3.63, 3.8) is 0 Å². The van der Waals surface area contributed by atoms with Crippen LogP contribution >= 0.6 is 0 Å². The summed E-state index contributed by atoms with van der Waals surface area (Å²) in [7, 11) is 0. The molecule has 2 saturated heterocycles. The topological polar surface area (TPSA) is 61.4 Å². The summed E-state index contributed by atoms with van der Waals surface area (Å²) in [5, 5.41) is 5.63. The van der Waals surface area contributed by atoms with Gasteiger partial charge in [-0.3, -0.25) is 14.9 Å². The van der Waals surface area contributed by atoms with Crippen molar-refractivity contribution in [1.29, 1.82) is 0 Å². The lowest BCUT2D eigenvalue weighted by Gasteiger charge is -2.34. The van der Waals surface area contributed by atoms with E-state index in [4.69, 9.17) is 0 Å². The van der Waals surface area contributed by atoms with Gasteiger partial charge < -0.3 is 10.2 Å². The van der Waals surface area contributed by atoms with Crippen molar-refractivity contribution in [1.82, 2.24) is 5.32 Å². The summed E-state index contributed by atoms with van der Waals surface area (Å²) in [5.74, 6) is 0.331. The molecule has 2 aromatic rings. The van der Waals surface area contributed by atoms with E-state index in [0.29, 0.717) is 12.8 Å². The fourth-order valence-electron chi connectivity index (χ4n) is 4.25. The fraction of sp³-hybridized carbons (Fsp3) is 0.417. The molecule has 29 heavy (non-hydrogen) atoms. The number of amides is 2. The third-order valence-corrected chi connectivity index (χ3v) is 6.07. The predicted octanol–water partition coefficient (Wildman–Crippen LogP) is 3.67. The normalized spacial score (nSPS) is 20.4. The van der Waals surface area contributed by atoms with Gasteiger partial charge in [0.15, 0.2) is 0 Å². The Kier molecular flexibility index (Phi) is 5.84. The number of benzene rings is 2. The second-order valence-corrected chi connectivity index (χ2v) is 8.32. The Balaban J connectivity index is 1.28. The maximum atomic E-state index is 11.9. The largest absolute Gasteiger partial charge is 0.374 e. The Bertz CT molecular complexity index is 853. The number of nitrogens with zero attached hydrogens (tertiary/aromatic N) is 1. The van der Waals surface area contributed by atoms with Crippen LogP contribution in [0.15, 0.2) is 48.5 Å². The Morgan fingerprint density at radius 2 is 1.66 bits per heavy atom. The molecule has 4 rings (SSSR count). The maximum absolute atomic E-state index is 11.9. The van der Waals surface area contributed by atoms with E-state index in [0.717, 1.165) is 24.7 Å². The average molecular weight is 392 g/mol. The Labute approximate surface area is 172 Å². The highest BCUT2D eigenvalue weighted by atomic mass is 16.2. The van der Waals surface area contributed by atoms with E-state index in [1.807, 2.05) is 12.1 Å². The Hall–Kier alpha value is -2.82. The van der Waals surface area contributed by atoms with Crippen LogP contribution in [0.2, 0.25) is 0 Å². The molecule has 2 aliphatic heterocycles. The molecule has 2 amide bonds. The lowest BCUT2D eigenvalue weighted by Crippen LogP contribution is -2.47. The predicted molar refractivity (Wildman–Crippen MR) is 116 cm³/mol. The lowest BCUT2D eigenvalue weighted by molar-refractivity contribution is -0.133. The first-order valence-electron chi connectivity index (χ1n) is 10.6. The number of piperidine rings is 2. The molecule has 1 atom stereocenters. The number of aryl methyl sites for hydroxylation is 1. The summed E-state index contributed by atoms with van der Waals surface area (Å²) in [6, 6.07) is 16.9. The van der Waals surface area contributed by atoms with Crippen molar-refractivity contribution in [2.75, 3.05) is 23.3 Å². The molecule has 5 heteroatoms. The van der Waals surface area contributed by atoms with E-state index in [9.17, 15) is 9.59 Å². The van der Waals surface area contributed by atoms with Crippen LogP contribution in [0.4, 0.5) is 11.4 Å². The molecular formula is C24H29N3O2. The molecule has 152 valence electrons. The van der Waals surface area contributed by atoms with Gasteiger partial charge in [-0.2, -0.15) is 0 Å². The standard InChI is InChI=1S/C24H29N3O2/c1-17-2-4-18(5-3-17)16-19-12-14-27(15-13-19)21-8-6-20(7-9-21)25-22-10-11-23(28)26-24(22)29/h2-9,19,22,25H,10-16H2,1H3,(H,26,28,29). The van der Waals surface area contributed by atoms with E-state index in [1.165, 1.54) is 36.1 Å². The van der Waals surface area contributed by atoms with E-state index in [-0.39, 0.29) is 17.9 Å². The number of carbonyl (C=O) groups excluding carboxylic acids is 2. The van der Waals surface area contributed by atoms with Gasteiger partial charge >= 0.3 is 0 Å². The maximum Gasteiger partial charge on any atom is 0.249 e. The zero-order valence-corrected chi connectivity index (χ0v) is 17.0. The number of anilines is 2. The van der Waals surface area contributed by atoms with Crippen molar-refractivity contribution in [3.8, 4) is 0 Å². The minimum Gasteiger partial charge on any atom is -0.374 e. The SMILES string of the molecule is Cc1ccc(CC2CCN(c3ccc(NC4CCC(=O)NC4=O)cc3)CC2)cc1. The summed E-state index contributed by atoms with van der Waals surface area (Å²) in [6.07, 6.45) is 4.52. The molecule has 0 aromatic heterocycles. The van der Waals surface area contributed by atoms with Crippen LogP contribution in [-0.4, -0.2) is 30.9 Å². The second kappa shape index (κ2) is 8.68. The zero-order chi connectivity index (χ0) is 20.2. The molecule has 0 radical (unpaired) electrons. The number of imide groups is 1. The Morgan fingerprint density at radius 3 is 2.31 bits per heavy atom. The molecule has 0 spiro atoms. The van der Waals surface area contributed by atoms with Gasteiger partial charge in [0.05, 0.1) is 0 Å². The number of rotatable bonds is 5. The number of hydrogen-bond acceptors (Lipinski definition) is 4. The molecule has 2 fully saturated rings. The third-order valence-electron chi connectivity index (χ3n) is 6.07. The smallest absolute Gasteiger partial charge is 0.249 e. The quantitative estimate of drug-likeness (QED) is 0.764. The molecule has 0 saturated carbocycles. The molecule has 2 aliphatic rings. The van der Waals surface area contributed by atoms with E-state index in [1.54, 1.807) is 0 Å². The number of hydrogen-bond donors (Lipinski definition) is 2. The van der Waals surface area contributed by atoms with Gasteiger partial charge in [0, 0.05) is 30.9 Å². The lowest BCUT2D eigenvalue weighted by atomic mass is 9.90. The monoisotopic (exact) mass is 391 g/mol. The average Bonchev–Trinajstić information content (AvgIpc) is 2.73. The van der Waals surface area contributed by atoms with E-state index >= 15 is 0 Å². The van der Waals surface area contributed by atoms with Crippen LogP contribution in [0.5, 0.6) is 0 Å². The van der Waals surface area contributed by atoms with Crippen molar-refractivity contribution in [2.45, 2.75) is 45.1 Å². The van der Waals surface area contributed by atoms with Crippen LogP contribution in [0.1, 0.15) is 36.8 Å². The number of carbonyl (C=O) groups is 2. The molecule has 2 aromatic carbocycles. The molecular weight excluding hydrogens is 362 g/mol. The Morgan fingerprint density at radius 1 is 0.966 bits per heavy atom. The van der Waals surface area contributed by atoms with Crippen molar-refractivity contribution in [2.24, 2.45) is 5.92 Å². The zero-order valence-electron chi connectivity index (χ0n) is 17.0. The first kappa shape index (κ1) is 19.5. The van der Waals surface area contributed by atoms with Gasteiger partial charge in [0.1, 0.15) is 6.04 Å². The van der Waals surface area contributed by atoms with E-state index in [2.05, 4.69) is 58.9 Å². The molecule has 5 nitrogen and oxygen atoms in total. The fourth-order valence-corrected chi connectivity index (χ4v) is 4.25. The summed E-state index contributed by atoms with van der Waals surface area (Å²) >= 11 is 0. The van der Waals surface area contributed by atoms with Crippen LogP contribution in [0.25, 0.3) is 0 Å². The first-order chi connectivity index (χ1) is 14.1. The van der Waals surface area contributed by atoms with Gasteiger partial charge in [0.2, 0.25) is 11.8 Å². The number of nitrogens with one attached hydrogen (secondary N) is 2. The first-order valence-corrected chi connectivity index (χ1v) is 10.6. The van der Waals surface area contributed by atoms with Crippen molar-refractivity contribution in [3.05, 3.63) is 59.7 Å². The van der Waals surface area contributed by atoms with Gasteiger partial charge in [-0.05, 0) is 68.4 Å². The molecule has 2 heterocycles. The van der Waals surface area contributed by atoms with Gasteiger partial charge in [-0.1, -0.05) is 29.8 Å². The summed E-state index contributed by atoms with van der Waals surface area (Å²) in [6.45, 7) is 4.29. The van der Waals surface area contributed by atoms with Crippen LogP contribution < -0.4 is 15.5 Å². The third kappa shape index (κ3) is 4.97. The molecule has 2 N–H and O–H groups in total. The van der Waals surface area contributed by atoms with Gasteiger partial charge in [-0.25, -0.2) is 0 Å².